The Morgan fingerprint density at radius 1 is 1.03 bits per heavy atom. The van der Waals surface area contributed by atoms with Gasteiger partial charge >= 0.3 is 0 Å². The Morgan fingerprint density at radius 3 is 2.41 bits per heavy atom. The van der Waals surface area contributed by atoms with Crippen molar-refractivity contribution in [2.45, 2.75) is 19.3 Å². The number of nitrogens with one attached hydrogen (secondary N) is 1. The lowest BCUT2D eigenvalue weighted by molar-refractivity contribution is -0.129. The minimum Gasteiger partial charge on any atom is -0.355 e. The van der Waals surface area contributed by atoms with Gasteiger partial charge in [0.15, 0.2) is 11.5 Å². The third kappa shape index (κ3) is 4.51. The first-order chi connectivity index (χ1) is 14.1. The van der Waals surface area contributed by atoms with Crippen molar-refractivity contribution in [1.82, 2.24) is 10.1 Å². The molecule has 2 heterocycles. The number of hydrogen-bond donors (Lipinski definition) is 1. The van der Waals surface area contributed by atoms with Crippen LogP contribution >= 0.6 is 0 Å². The number of halogens is 1. The lowest BCUT2D eigenvalue weighted by Crippen LogP contribution is -2.29. The second-order valence-electron chi connectivity index (χ2n) is 7.00. The van der Waals surface area contributed by atoms with Crippen LogP contribution in [0.15, 0.2) is 59.1 Å². The van der Waals surface area contributed by atoms with Crippen molar-refractivity contribution in [3.05, 3.63) is 71.7 Å². The van der Waals surface area contributed by atoms with Gasteiger partial charge in [-0.3, -0.25) is 9.59 Å². The summed E-state index contributed by atoms with van der Waals surface area (Å²) in [4.78, 5) is 26.5. The molecule has 1 fully saturated rings. The summed E-state index contributed by atoms with van der Waals surface area (Å²) in [6.45, 7) is 1.68. The maximum atomic E-state index is 13.0. The van der Waals surface area contributed by atoms with Gasteiger partial charge in [-0.15, -0.1) is 0 Å². The zero-order valence-electron chi connectivity index (χ0n) is 15.7. The summed E-state index contributed by atoms with van der Waals surface area (Å²) in [7, 11) is 0. The first-order valence-electron chi connectivity index (χ1n) is 9.49. The molecular formula is C22H20FN3O3. The number of carbonyl (C=O) groups excluding carboxylic acids is 2. The number of nitrogens with zero attached hydrogens (tertiary/aromatic N) is 2. The van der Waals surface area contributed by atoms with E-state index in [0.717, 1.165) is 31.5 Å². The first kappa shape index (κ1) is 18.9. The minimum absolute atomic E-state index is 0.123. The van der Waals surface area contributed by atoms with Gasteiger partial charge < -0.3 is 14.7 Å². The van der Waals surface area contributed by atoms with E-state index in [1.165, 1.54) is 18.2 Å². The highest BCUT2D eigenvalue weighted by atomic mass is 19.1. The smallest absolute Gasteiger partial charge is 0.277 e. The SMILES string of the molecule is O=C(Nc1ccc(CC(=O)N2CCCC2)cc1)c1cc(-c2ccc(F)cc2)on1. The van der Waals surface area contributed by atoms with E-state index in [0.29, 0.717) is 23.4 Å². The Labute approximate surface area is 167 Å². The van der Waals surface area contributed by atoms with Crippen LogP contribution in [-0.4, -0.2) is 35.0 Å². The molecule has 1 saturated heterocycles. The molecule has 1 aliphatic heterocycles. The third-order valence-electron chi connectivity index (χ3n) is 4.90. The molecular weight excluding hydrogens is 373 g/mol. The highest BCUT2D eigenvalue weighted by Gasteiger charge is 2.18. The fourth-order valence-corrected chi connectivity index (χ4v) is 3.29. The van der Waals surface area contributed by atoms with E-state index < -0.39 is 5.91 Å². The Hall–Kier alpha value is -3.48. The van der Waals surface area contributed by atoms with Crippen molar-refractivity contribution in [2.24, 2.45) is 0 Å². The maximum absolute atomic E-state index is 13.0. The molecule has 1 N–H and O–H groups in total. The number of benzene rings is 2. The fraction of sp³-hybridized carbons (Fsp3) is 0.227. The summed E-state index contributed by atoms with van der Waals surface area (Å²) in [6.07, 6.45) is 2.50. The lowest BCUT2D eigenvalue weighted by Gasteiger charge is -2.15. The van der Waals surface area contributed by atoms with E-state index in [2.05, 4.69) is 10.5 Å². The van der Waals surface area contributed by atoms with Crippen LogP contribution in [0.2, 0.25) is 0 Å². The number of rotatable bonds is 5. The summed E-state index contributed by atoms with van der Waals surface area (Å²) in [5.41, 5.74) is 2.25. The molecule has 0 aliphatic carbocycles. The topological polar surface area (TPSA) is 75.4 Å². The van der Waals surface area contributed by atoms with Gasteiger partial charge in [-0.25, -0.2) is 4.39 Å². The second kappa shape index (κ2) is 8.26. The number of anilines is 1. The Kier molecular flexibility index (Phi) is 5.37. The molecule has 4 rings (SSSR count). The van der Waals surface area contributed by atoms with Crippen LogP contribution in [-0.2, 0) is 11.2 Å². The van der Waals surface area contributed by atoms with Crippen molar-refractivity contribution >= 4 is 17.5 Å². The highest BCUT2D eigenvalue weighted by molar-refractivity contribution is 6.03. The van der Waals surface area contributed by atoms with Crippen molar-refractivity contribution in [1.29, 1.82) is 0 Å². The molecule has 1 aliphatic rings. The molecule has 0 unspecified atom stereocenters. The molecule has 3 aromatic rings. The van der Waals surface area contributed by atoms with Gasteiger partial charge in [0.05, 0.1) is 6.42 Å². The summed E-state index contributed by atoms with van der Waals surface area (Å²) in [5.74, 6) is -0.249. The summed E-state index contributed by atoms with van der Waals surface area (Å²) in [5, 5.41) is 6.53. The van der Waals surface area contributed by atoms with Crippen LogP contribution < -0.4 is 5.32 Å². The lowest BCUT2D eigenvalue weighted by atomic mass is 10.1. The van der Waals surface area contributed by atoms with Gasteiger partial charge in [0.1, 0.15) is 5.82 Å². The molecule has 29 heavy (non-hydrogen) atoms. The van der Waals surface area contributed by atoms with Crippen LogP contribution in [0.4, 0.5) is 10.1 Å². The average molecular weight is 393 g/mol. The fourth-order valence-electron chi connectivity index (χ4n) is 3.29. The van der Waals surface area contributed by atoms with Crippen LogP contribution in [0.5, 0.6) is 0 Å². The highest BCUT2D eigenvalue weighted by Crippen LogP contribution is 2.21. The zero-order valence-corrected chi connectivity index (χ0v) is 15.7. The Balaban J connectivity index is 1.37. The second-order valence-corrected chi connectivity index (χ2v) is 7.00. The van der Waals surface area contributed by atoms with Gasteiger partial charge in [-0.05, 0) is 54.8 Å². The quantitative estimate of drug-likeness (QED) is 0.713. The number of aromatic nitrogens is 1. The van der Waals surface area contributed by atoms with E-state index in [1.54, 1.807) is 24.3 Å². The van der Waals surface area contributed by atoms with Gasteiger partial charge in [0.2, 0.25) is 5.91 Å². The molecule has 1 aromatic heterocycles. The minimum atomic E-state index is -0.414. The van der Waals surface area contributed by atoms with Gasteiger partial charge in [-0.2, -0.15) is 0 Å². The molecule has 7 heteroatoms. The van der Waals surface area contributed by atoms with Crippen LogP contribution in [0.25, 0.3) is 11.3 Å². The molecule has 0 bridgehead atoms. The van der Waals surface area contributed by atoms with Crippen molar-refractivity contribution in [3.8, 4) is 11.3 Å². The first-order valence-corrected chi connectivity index (χ1v) is 9.49. The number of likely N-dealkylation sites (tertiary alicyclic amines) is 1. The summed E-state index contributed by atoms with van der Waals surface area (Å²) in [6, 6.07) is 14.4. The Bertz CT molecular complexity index is 1010. The largest absolute Gasteiger partial charge is 0.355 e. The standard InChI is InChI=1S/C22H20FN3O3/c23-17-7-5-16(6-8-17)20-14-19(25-29-20)22(28)24-18-9-3-15(4-10-18)13-21(27)26-11-1-2-12-26/h3-10,14H,1-2,11-13H2,(H,24,28). The molecule has 0 atom stereocenters. The molecule has 2 aromatic carbocycles. The normalized spacial score (nSPS) is 13.5. The van der Waals surface area contributed by atoms with E-state index >= 15 is 0 Å². The number of carbonyl (C=O) groups is 2. The van der Waals surface area contributed by atoms with Crippen LogP contribution in [0, 0.1) is 5.82 Å². The Morgan fingerprint density at radius 2 is 1.72 bits per heavy atom. The van der Waals surface area contributed by atoms with E-state index in [4.69, 9.17) is 4.52 Å². The molecule has 0 radical (unpaired) electrons. The zero-order chi connectivity index (χ0) is 20.2. The van der Waals surface area contributed by atoms with Crippen LogP contribution in [0.3, 0.4) is 0 Å². The molecule has 6 nitrogen and oxygen atoms in total. The summed E-state index contributed by atoms with van der Waals surface area (Å²) >= 11 is 0. The van der Waals surface area contributed by atoms with Crippen molar-refractivity contribution in [3.63, 3.8) is 0 Å². The molecule has 148 valence electrons. The monoisotopic (exact) mass is 393 g/mol. The average Bonchev–Trinajstić information content (AvgIpc) is 3.42. The summed E-state index contributed by atoms with van der Waals surface area (Å²) < 4.78 is 18.2. The molecule has 0 spiro atoms. The van der Waals surface area contributed by atoms with Gasteiger partial charge in [-0.1, -0.05) is 17.3 Å². The van der Waals surface area contributed by atoms with Crippen molar-refractivity contribution in [2.75, 3.05) is 18.4 Å². The number of hydrogen-bond acceptors (Lipinski definition) is 4. The van der Waals surface area contributed by atoms with Gasteiger partial charge in [0, 0.05) is 30.4 Å². The van der Waals surface area contributed by atoms with Crippen LogP contribution in [0.1, 0.15) is 28.9 Å². The predicted molar refractivity (Wildman–Crippen MR) is 106 cm³/mol. The predicted octanol–water partition coefficient (Wildman–Crippen LogP) is 3.90. The van der Waals surface area contributed by atoms with E-state index in [1.807, 2.05) is 17.0 Å². The number of amides is 2. The van der Waals surface area contributed by atoms with Gasteiger partial charge in [0.25, 0.3) is 5.91 Å². The van der Waals surface area contributed by atoms with Crippen molar-refractivity contribution < 1.29 is 18.5 Å². The third-order valence-corrected chi connectivity index (χ3v) is 4.90. The van der Waals surface area contributed by atoms with E-state index in [-0.39, 0.29) is 17.4 Å². The van der Waals surface area contributed by atoms with E-state index in [9.17, 15) is 14.0 Å². The molecule has 2 amide bonds. The maximum Gasteiger partial charge on any atom is 0.277 e. The molecule has 0 saturated carbocycles.